The normalized spacial score (nSPS) is 10.7. The summed E-state index contributed by atoms with van der Waals surface area (Å²) in [6, 6.07) is 4.78. The molecule has 0 saturated carbocycles. The number of methoxy groups -OCH3 is 1. The summed E-state index contributed by atoms with van der Waals surface area (Å²) in [4.78, 5) is 12.5. The van der Waals surface area contributed by atoms with Gasteiger partial charge in [-0.2, -0.15) is 0 Å². The van der Waals surface area contributed by atoms with Crippen LogP contribution in [0.1, 0.15) is 18.9 Å². The highest BCUT2D eigenvalue weighted by molar-refractivity contribution is 5.66. The number of halogens is 1. The van der Waals surface area contributed by atoms with Gasteiger partial charge in [0.05, 0.1) is 13.5 Å². The van der Waals surface area contributed by atoms with Crippen molar-refractivity contribution in [3.05, 3.63) is 29.6 Å². The molecule has 0 fully saturated rings. The Morgan fingerprint density at radius 2 is 2.22 bits per heavy atom. The lowest BCUT2D eigenvalue weighted by molar-refractivity contribution is -0.137. The number of benzene rings is 1. The van der Waals surface area contributed by atoms with Crippen molar-refractivity contribution >= 4 is 5.97 Å². The molecule has 0 atom stereocenters. The first-order valence-corrected chi connectivity index (χ1v) is 5.83. The van der Waals surface area contributed by atoms with E-state index in [0.717, 1.165) is 12.1 Å². The summed E-state index contributed by atoms with van der Waals surface area (Å²) in [6.07, 6.45) is 0.0898. The Morgan fingerprint density at radius 3 is 2.72 bits per heavy atom. The predicted octanol–water partition coefficient (Wildman–Crippen LogP) is 2.13. The quantitative estimate of drug-likeness (QED) is 0.811. The molecule has 0 unspecified atom stereocenters. The summed E-state index contributed by atoms with van der Waals surface area (Å²) in [7, 11) is 1.42. The Bertz CT molecular complexity index is 409. The molecule has 5 heteroatoms. The lowest BCUT2D eigenvalue weighted by Gasteiger charge is -2.19. The van der Waals surface area contributed by atoms with Crippen molar-refractivity contribution in [1.82, 2.24) is 4.90 Å². The van der Waals surface area contributed by atoms with Gasteiger partial charge in [0, 0.05) is 13.1 Å². The van der Waals surface area contributed by atoms with E-state index >= 15 is 0 Å². The highest BCUT2D eigenvalue weighted by Crippen LogP contribution is 2.18. The summed E-state index contributed by atoms with van der Waals surface area (Å²) in [5.41, 5.74) is 0.806. The van der Waals surface area contributed by atoms with E-state index < -0.39 is 11.8 Å². The van der Waals surface area contributed by atoms with Gasteiger partial charge in [-0.15, -0.1) is 0 Å². The van der Waals surface area contributed by atoms with Crippen LogP contribution in [0.4, 0.5) is 4.39 Å². The van der Waals surface area contributed by atoms with Gasteiger partial charge in [-0.25, -0.2) is 4.39 Å². The molecule has 0 aliphatic heterocycles. The first kappa shape index (κ1) is 14.4. The lowest BCUT2D eigenvalue weighted by Crippen LogP contribution is -2.25. The van der Waals surface area contributed by atoms with E-state index in [4.69, 9.17) is 9.84 Å². The molecule has 1 N–H and O–H groups in total. The minimum Gasteiger partial charge on any atom is -0.494 e. The summed E-state index contributed by atoms with van der Waals surface area (Å²) >= 11 is 0. The first-order valence-electron chi connectivity index (χ1n) is 5.83. The molecule has 0 amide bonds. The molecule has 1 rings (SSSR count). The molecular formula is C13H18FNO3. The topological polar surface area (TPSA) is 49.8 Å². The molecule has 0 radical (unpaired) electrons. The highest BCUT2D eigenvalue weighted by atomic mass is 19.1. The standard InChI is InChI=1S/C13H18FNO3/c1-3-15(7-6-13(16)17)9-10-4-5-12(18-2)11(14)8-10/h4-5,8H,3,6-7,9H2,1-2H3,(H,16,17). The minimum atomic E-state index is -0.825. The fourth-order valence-electron chi connectivity index (χ4n) is 1.67. The maximum absolute atomic E-state index is 13.5. The van der Waals surface area contributed by atoms with E-state index in [1.807, 2.05) is 11.8 Å². The van der Waals surface area contributed by atoms with Gasteiger partial charge in [0.25, 0.3) is 0 Å². The Kier molecular flexibility index (Phi) is 5.58. The molecule has 1 aromatic rings. The third kappa shape index (κ3) is 4.33. The monoisotopic (exact) mass is 255 g/mol. The largest absolute Gasteiger partial charge is 0.494 e. The number of hydrogen-bond donors (Lipinski definition) is 1. The first-order chi connectivity index (χ1) is 8.56. The van der Waals surface area contributed by atoms with Crippen molar-refractivity contribution in [2.45, 2.75) is 19.9 Å². The average molecular weight is 255 g/mol. The van der Waals surface area contributed by atoms with E-state index in [9.17, 15) is 9.18 Å². The van der Waals surface area contributed by atoms with Gasteiger partial charge in [-0.3, -0.25) is 9.69 Å². The molecule has 0 saturated heterocycles. The summed E-state index contributed by atoms with van der Waals surface area (Å²) in [5.74, 6) is -1.01. The van der Waals surface area contributed by atoms with Crippen LogP contribution in [0.3, 0.4) is 0 Å². The fraction of sp³-hybridized carbons (Fsp3) is 0.462. The van der Waals surface area contributed by atoms with Crippen LogP contribution in [0, 0.1) is 5.82 Å². The van der Waals surface area contributed by atoms with E-state index in [2.05, 4.69) is 0 Å². The second-order valence-electron chi connectivity index (χ2n) is 3.98. The van der Waals surface area contributed by atoms with E-state index in [0.29, 0.717) is 13.1 Å². The molecule has 0 aromatic heterocycles. The van der Waals surface area contributed by atoms with Gasteiger partial charge >= 0.3 is 5.97 Å². The van der Waals surface area contributed by atoms with Crippen LogP contribution < -0.4 is 4.74 Å². The number of hydrogen-bond acceptors (Lipinski definition) is 3. The van der Waals surface area contributed by atoms with Crippen LogP contribution in [0.15, 0.2) is 18.2 Å². The van der Waals surface area contributed by atoms with Gasteiger partial charge in [-0.05, 0) is 24.2 Å². The average Bonchev–Trinajstić information content (AvgIpc) is 2.34. The van der Waals surface area contributed by atoms with Crippen LogP contribution in [-0.2, 0) is 11.3 Å². The fourth-order valence-corrected chi connectivity index (χ4v) is 1.67. The molecule has 4 nitrogen and oxygen atoms in total. The second-order valence-corrected chi connectivity index (χ2v) is 3.98. The van der Waals surface area contributed by atoms with Gasteiger partial charge in [-0.1, -0.05) is 13.0 Å². The number of carbonyl (C=O) groups is 1. The summed E-state index contributed by atoms with van der Waals surface area (Å²) < 4.78 is 18.3. The Morgan fingerprint density at radius 1 is 1.50 bits per heavy atom. The number of carboxylic acid groups (broad SMARTS) is 1. The van der Waals surface area contributed by atoms with Crippen LogP contribution >= 0.6 is 0 Å². The van der Waals surface area contributed by atoms with Crippen molar-refractivity contribution < 1.29 is 19.0 Å². The number of nitrogens with zero attached hydrogens (tertiary/aromatic N) is 1. The SMILES string of the molecule is CCN(CCC(=O)O)Cc1ccc(OC)c(F)c1. The van der Waals surface area contributed by atoms with Gasteiger partial charge < -0.3 is 9.84 Å². The Labute approximate surface area is 106 Å². The smallest absolute Gasteiger partial charge is 0.304 e. The Balaban J connectivity index is 2.64. The minimum absolute atomic E-state index is 0.0898. The predicted molar refractivity (Wildman–Crippen MR) is 66.2 cm³/mol. The van der Waals surface area contributed by atoms with E-state index in [-0.39, 0.29) is 12.2 Å². The molecule has 0 heterocycles. The third-order valence-corrected chi connectivity index (χ3v) is 2.71. The highest BCUT2D eigenvalue weighted by Gasteiger charge is 2.09. The lowest BCUT2D eigenvalue weighted by atomic mass is 10.2. The van der Waals surface area contributed by atoms with Crippen molar-refractivity contribution in [2.24, 2.45) is 0 Å². The zero-order valence-electron chi connectivity index (χ0n) is 10.6. The number of ether oxygens (including phenoxy) is 1. The van der Waals surface area contributed by atoms with Crippen LogP contribution in [0.2, 0.25) is 0 Å². The maximum Gasteiger partial charge on any atom is 0.304 e. The van der Waals surface area contributed by atoms with Crippen LogP contribution in [-0.4, -0.2) is 36.2 Å². The zero-order chi connectivity index (χ0) is 13.5. The number of carboxylic acids is 1. The van der Waals surface area contributed by atoms with E-state index in [1.165, 1.54) is 13.2 Å². The number of aliphatic carboxylic acids is 1. The summed E-state index contributed by atoms with van der Waals surface area (Å²) in [5, 5.41) is 8.63. The maximum atomic E-state index is 13.5. The third-order valence-electron chi connectivity index (χ3n) is 2.71. The molecule has 0 aliphatic carbocycles. The Hall–Kier alpha value is -1.62. The van der Waals surface area contributed by atoms with Crippen molar-refractivity contribution in [3.8, 4) is 5.75 Å². The van der Waals surface area contributed by atoms with Crippen molar-refractivity contribution in [2.75, 3.05) is 20.2 Å². The number of rotatable bonds is 7. The van der Waals surface area contributed by atoms with Crippen molar-refractivity contribution in [1.29, 1.82) is 0 Å². The summed E-state index contributed by atoms with van der Waals surface area (Å²) in [6.45, 7) is 3.66. The zero-order valence-corrected chi connectivity index (χ0v) is 10.6. The molecule has 18 heavy (non-hydrogen) atoms. The molecule has 0 spiro atoms. The van der Waals surface area contributed by atoms with Crippen LogP contribution in [0.25, 0.3) is 0 Å². The van der Waals surface area contributed by atoms with Crippen molar-refractivity contribution in [3.63, 3.8) is 0 Å². The molecule has 1 aromatic carbocycles. The molecular weight excluding hydrogens is 237 g/mol. The molecule has 0 aliphatic rings. The van der Waals surface area contributed by atoms with Gasteiger partial charge in [0.15, 0.2) is 11.6 Å². The molecule has 100 valence electrons. The van der Waals surface area contributed by atoms with Crippen LogP contribution in [0.5, 0.6) is 5.75 Å². The van der Waals surface area contributed by atoms with Gasteiger partial charge in [0.2, 0.25) is 0 Å². The van der Waals surface area contributed by atoms with E-state index in [1.54, 1.807) is 12.1 Å². The molecule has 0 bridgehead atoms. The van der Waals surface area contributed by atoms with Gasteiger partial charge in [0.1, 0.15) is 0 Å². The second kappa shape index (κ2) is 6.96.